The molecule has 2 nitrogen and oxygen atoms in total. The minimum Gasteiger partial charge on any atom is -0.360 e. The van der Waals surface area contributed by atoms with Gasteiger partial charge in [0.05, 0.1) is 6.10 Å². The predicted octanol–water partition coefficient (Wildman–Crippen LogP) is 4.20. The molecule has 1 saturated heterocycles. The molecule has 0 N–H and O–H groups in total. The van der Waals surface area contributed by atoms with Crippen molar-refractivity contribution in [1.29, 1.82) is 0 Å². The Balaban J connectivity index is 2.39. The van der Waals surface area contributed by atoms with Gasteiger partial charge in [-0.05, 0) is 50.2 Å². The van der Waals surface area contributed by atoms with Crippen LogP contribution in [0, 0.1) is 11.8 Å². The topological polar surface area (TPSA) is 12.5 Å². The van der Waals surface area contributed by atoms with E-state index in [1.165, 1.54) is 11.1 Å². The van der Waals surface area contributed by atoms with Gasteiger partial charge in [0.1, 0.15) is 11.8 Å². The van der Waals surface area contributed by atoms with Crippen LogP contribution in [0.5, 0.6) is 0 Å². The molecule has 0 unspecified atom stereocenters. The number of hydrogen-bond acceptors (Lipinski definition) is 2. The van der Waals surface area contributed by atoms with Gasteiger partial charge in [-0.3, -0.25) is 4.90 Å². The van der Waals surface area contributed by atoms with E-state index in [1.807, 2.05) is 0 Å². The third kappa shape index (κ3) is 2.79. The summed E-state index contributed by atoms with van der Waals surface area (Å²) in [6, 6.07) is 0.399. The molecule has 0 saturated carbocycles. The Hall–Kier alpha value is -0.410. The number of alkyl halides is 1. The molecule has 0 aromatic carbocycles. The maximum absolute atomic E-state index is 15.2. The van der Waals surface area contributed by atoms with E-state index < -0.39 is 11.8 Å². The van der Waals surface area contributed by atoms with Crippen LogP contribution in [0.15, 0.2) is 11.1 Å². The molecule has 3 heteroatoms. The van der Waals surface area contributed by atoms with Crippen molar-refractivity contribution in [3.63, 3.8) is 0 Å². The molecule has 0 radical (unpaired) electrons. The van der Waals surface area contributed by atoms with Gasteiger partial charge in [0.2, 0.25) is 0 Å². The van der Waals surface area contributed by atoms with Crippen molar-refractivity contribution in [3.05, 3.63) is 11.1 Å². The van der Waals surface area contributed by atoms with Gasteiger partial charge in [0, 0.05) is 19.1 Å². The van der Waals surface area contributed by atoms with Crippen LogP contribution in [-0.2, 0) is 4.74 Å². The zero-order chi connectivity index (χ0) is 15.9. The van der Waals surface area contributed by atoms with Crippen LogP contribution in [0.4, 0.5) is 4.39 Å². The molecular formula is C18H32FNO. The van der Waals surface area contributed by atoms with E-state index in [9.17, 15) is 0 Å². The van der Waals surface area contributed by atoms with Crippen LogP contribution in [0.25, 0.3) is 0 Å². The molecule has 3 atom stereocenters. The van der Waals surface area contributed by atoms with E-state index in [2.05, 4.69) is 53.4 Å². The van der Waals surface area contributed by atoms with Crippen molar-refractivity contribution in [1.82, 2.24) is 4.90 Å². The van der Waals surface area contributed by atoms with Gasteiger partial charge < -0.3 is 4.74 Å². The first-order valence-electron chi connectivity index (χ1n) is 8.51. The molecule has 1 fully saturated rings. The van der Waals surface area contributed by atoms with Crippen LogP contribution in [0.1, 0.15) is 54.9 Å². The molecule has 2 aliphatic rings. The summed E-state index contributed by atoms with van der Waals surface area (Å²) in [6.45, 7) is 16.6. The number of nitrogens with zero attached hydrogens (tertiary/aromatic N) is 1. The Morgan fingerprint density at radius 3 is 2.19 bits per heavy atom. The summed E-state index contributed by atoms with van der Waals surface area (Å²) in [5.74, 6) is 0.767. The van der Waals surface area contributed by atoms with Gasteiger partial charge >= 0.3 is 0 Å². The second-order valence-electron chi connectivity index (χ2n) is 7.63. The molecule has 2 rings (SSSR count). The largest absolute Gasteiger partial charge is 0.360 e. The van der Waals surface area contributed by atoms with Crippen molar-refractivity contribution in [2.45, 2.75) is 78.8 Å². The minimum atomic E-state index is -0.926. The summed E-state index contributed by atoms with van der Waals surface area (Å²) in [5.41, 5.74) is 1.92. The molecule has 21 heavy (non-hydrogen) atoms. The van der Waals surface area contributed by atoms with Gasteiger partial charge in [0.15, 0.2) is 0 Å². The van der Waals surface area contributed by atoms with Crippen molar-refractivity contribution < 1.29 is 9.13 Å². The lowest BCUT2D eigenvalue weighted by Gasteiger charge is -2.45. The maximum Gasteiger partial charge on any atom is 0.145 e. The maximum atomic E-state index is 15.2. The first-order chi connectivity index (χ1) is 9.70. The molecule has 0 aliphatic carbocycles. The lowest BCUT2D eigenvalue weighted by atomic mass is 9.75. The van der Waals surface area contributed by atoms with Crippen LogP contribution < -0.4 is 0 Å². The van der Waals surface area contributed by atoms with Crippen LogP contribution >= 0.6 is 0 Å². The van der Waals surface area contributed by atoms with Crippen LogP contribution in [-0.4, -0.2) is 41.9 Å². The van der Waals surface area contributed by atoms with Gasteiger partial charge in [-0.15, -0.1) is 0 Å². The van der Waals surface area contributed by atoms with Crippen molar-refractivity contribution in [3.8, 4) is 0 Å². The highest BCUT2D eigenvalue weighted by molar-refractivity contribution is 5.37. The smallest absolute Gasteiger partial charge is 0.145 e. The summed E-state index contributed by atoms with van der Waals surface area (Å²) in [4.78, 5) is 2.23. The highest BCUT2D eigenvalue weighted by Gasteiger charge is 2.54. The normalized spacial score (nSPS) is 35.0. The van der Waals surface area contributed by atoms with Crippen molar-refractivity contribution >= 4 is 0 Å². The fraction of sp³-hybridized carbons (Fsp3) is 0.889. The molecule has 0 aromatic rings. The molecule has 0 aromatic heterocycles. The van der Waals surface area contributed by atoms with Gasteiger partial charge in [-0.1, -0.05) is 27.7 Å². The predicted molar refractivity (Wildman–Crippen MR) is 86.2 cm³/mol. The third-order valence-corrected chi connectivity index (χ3v) is 5.19. The summed E-state index contributed by atoms with van der Waals surface area (Å²) in [7, 11) is 0. The van der Waals surface area contributed by atoms with Gasteiger partial charge in [-0.2, -0.15) is 0 Å². The lowest BCUT2D eigenvalue weighted by molar-refractivity contribution is -0.116. The molecule has 2 heterocycles. The SMILES string of the molecule is CC(C)C1=C(C(C)C)[C@]2(CCN(C(C)C)C[C@H]2F)O[C@@H]1C. The zero-order valence-electron chi connectivity index (χ0n) is 14.7. The summed E-state index contributed by atoms with van der Waals surface area (Å²) in [6.07, 6.45) is -0.101. The second kappa shape index (κ2) is 6.00. The third-order valence-electron chi connectivity index (χ3n) is 5.19. The van der Waals surface area contributed by atoms with E-state index >= 15 is 4.39 Å². The zero-order valence-corrected chi connectivity index (χ0v) is 14.7. The summed E-state index contributed by atoms with van der Waals surface area (Å²) >= 11 is 0. The number of likely N-dealkylation sites (tertiary alicyclic amines) is 1. The van der Waals surface area contributed by atoms with E-state index in [0.29, 0.717) is 24.4 Å². The Morgan fingerprint density at radius 1 is 1.14 bits per heavy atom. The molecule has 0 bridgehead atoms. The highest BCUT2D eigenvalue weighted by atomic mass is 19.1. The van der Waals surface area contributed by atoms with Crippen molar-refractivity contribution in [2.75, 3.05) is 13.1 Å². The highest BCUT2D eigenvalue weighted by Crippen LogP contribution is 2.49. The van der Waals surface area contributed by atoms with Crippen molar-refractivity contribution in [2.24, 2.45) is 11.8 Å². The van der Waals surface area contributed by atoms with E-state index in [-0.39, 0.29) is 6.10 Å². The Kier molecular flexibility index (Phi) is 4.84. The van der Waals surface area contributed by atoms with E-state index in [1.54, 1.807) is 0 Å². The lowest BCUT2D eigenvalue weighted by Crippen LogP contribution is -2.57. The molecule has 122 valence electrons. The van der Waals surface area contributed by atoms with Gasteiger partial charge in [0.25, 0.3) is 0 Å². The van der Waals surface area contributed by atoms with E-state index in [4.69, 9.17) is 4.74 Å². The Bertz CT molecular complexity index is 415. The minimum absolute atomic E-state index is 0.0475. The standard InChI is InChI=1S/C18H32FNO/c1-11(2)16-14(7)21-18(17(16)12(3)4)8-9-20(13(5)6)10-15(18)19/h11-15H,8-10H2,1-7H3/t14-,15-,18-/m1/s1. The number of hydrogen-bond donors (Lipinski definition) is 0. The second-order valence-corrected chi connectivity index (χ2v) is 7.63. The quantitative estimate of drug-likeness (QED) is 0.724. The first kappa shape index (κ1) is 17.0. The van der Waals surface area contributed by atoms with Crippen LogP contribution in [0.3, 0.4) is 0 Å². The number of rotatable bonds is 3. The number of ether oxygens (including phenoxy) is 1. The average molecular weight is 297 g/mol. The average Bonchev–Trinajstić information content (AvgIpc) is 2.66. The molecular weight excluding hydrogens is 265 g/mol. The summed E-state index contributed by atoms with van der Waals surface area (Å²) < 4.78 is 21.5. The molecule has 2 aliphatic heterocycles. The van der Waals surface area contributed by atoms with Crippen LogP contribution in [0.2, 0.25) is 0 Å². The number of piperidine rings is 1. The fourth-order valence-electron chi connectivity index (χ4n) is 4.32. The summed E-state index contributed by atoms with van der Waals surface area (Å²) in [5, 5.41) is 0. The van der Waals surface area contributed by atoms with Gasteiger partial charge in [-0.25, -0.2) is 4.39 Å². The Labute approximate surface area is 129 Å². The Morgan fingerprint density at radius 2 is 1.76 bits per heavy atom. The first-order valence-corrected chi connectivity index (χ1v) is 8.51. The fourth-order valence-corrected chi connectivity index (χ4v) is 4.32. The number of halogens is 1. The monoisotopic (exact) mass is 297 g/mol. The molecule has 0 amide bonds. The molecule has 1 spiro atoms. The van der Waals surface area contributed by atoms with E-state index in [0.717, 1.165) is 13.0 Å².